The van der Waals surface area contributed by atoms with E-state index in [-0.39, 0.29) is 17.6 Å². The molecule has 1 aromatic carbocycles. The number of benzene rings is 1. The predicted molar refractivity (Wildman–Crippen MR) is 84.0 cm³/mol. The lowest BCUT2D eigenvalue weighted by atomic mass is 9.89. The lowest BCUT2D eigenvalue weighted by molar-refractivity contribution is -0.136. The molecule has 0 saturated carbocycles. The Morgan fingerprint density at radius 3 is 2.62 bits per heavy atom. The molecule has 3 rings (SSSR count). The first-order valence-electron chi connectivity index (χ1n) is 8.01. The molecular weight excluding hydrogens is 321 g/mol. The summed E-state index contributed by atoms with van der Waals surface area (Å²) in [6.45, 7) is 6.21. The largest absolute Gasteiger partial charge is 0.444 e. The number of fused-ring (bicyclic) bond motifs is 3. The number of hydrogen-bond acceptors (Lipinski definition) is 3. The molecule has 2 atom stereocenters. The van der Waals surface area contributed by atoms with Gasteiger partial charge in [0.05, 0.1) is 11.3 Å². The number of carbonyl (C=O) groups is 1. The fourth-order valence-corrected chi connectivity index (χ4v) is 3.39. The number of halogens is 3. The Hall–Kier alpha value is -1.92. The summed E-state index contributed by atoms with van der Waals surface area (Å²) in [5.74, 6) is -0.149. The smallest absolute Gasteiger partial charge is 0.418 e. The molecule has 0 aromatic heterocycles. The van der Waals surface area contributed by atoms with E-state index in [9.17, 15) is 18.0 Å². The van der Waals surface area contributed by atoms with E-state index in [4.69, 9.17) is 4.74 Å². The highest BCUT2D eigenvalue weighted by Gasteiger charge is 2.43. The van der Waals surface area contributed by atoms with E-state index in [0.717, 1.165) is 6.07 Å². The van der Waals surface area contributed by atoms with Crippen molar-refractivity contribution in [2.45, 2.75) is 50.9 Å². The molecule has 1 N–H and O–H groups in total. The van der Waals surface area contributed by atoms with Gasteiger partial charge in [-0.1, -0.05) is 12.1 Å². The van der Waals surface area contributed by atoms with Crippen molar-refractivity contribution in [2.75, 3.05) is 18.4 Å². The van der Waals surface area contributed by atoms with Gasteiger partial charge in [0.2, 0.25) is 0 Å². The molecule has 0 radical (unpaired) electrons. The van der Waals surface area contributed by atoms with Crippen LogP contribution in [0.4, 0.5) is 23.7 Å². The highest BCUT2D eigenvalue weighted by Crippen LogP contribution is 2.46. The zero-order valence-electron chi connectivity index (χ0n) is 13.9. The molecule has 1 aromatic rings. The van der Waals surface area contributed by atoms with Crippen LogP contribution >= 0.6 is 0 Å². The highest BCUT2D eigenvalue weighted by atomic mass is 19.4. The third-order valence-electron chi connectivity index (χ3n) is 4.40. The van der Waals surface area contributed by atoms with Gasteiger partial charge in [0.25, 0.3) is 0 Å². The molecule has 0 spiro atoms. The number of hydrogen-bond donors (Lipinski definition) is 1. The van der Waals surface area contributed by atoms with Gasteiger partial charge in [0, 0.05) is 25.0 Å². The number of para-hydroxylation sites is 1. The van der Waals surface area contributed by atoms with E-state index < -0.39 is 23.4 Å². The maximum absolute atomic E-state index is 13.2. The Morgan fingerprint density at radius 1 is 1.29 bits per heavy atom. The van der Waals surface area contributed by atoms with Crippen LogP contribution in [0.25, 0.3) is 0 Å². The maximum Gasteiger partial charge on any atom is 0.418 e. The van der Waals surface area contributed by atoms with Crippen LogP contribution in [0.2, 0.25) is 0 Å². The van der Waals surface area contributed by atoms with E-state index in [1.54, 1.807) is 31.7 Å². The fourth-order valence-electron chi connectivity index (χ4n) is 3.39. The van der Waals surface area contributed by atoms with Crippen molar-refractivity contribution in [3.63, 3.8) is 0 Å². The third kappa shape index (κ3) is 3.16. The average molecular weight is 342 g/mol. The Morgan fingerprint density at radius 2 is 2.00 bits per heavy atom. The number of alkyl halides is 3. The molecule has 7 heteroatoms. The molecule has 0 aliphatic carbocycles. The van der Waals surface area contributed by atoms with Gasteiger partial charge in [-0.15, -0.1) is 0 Å². The van der Waals surface area contributed by atoms with E-state index in [0.29, 0.717) is 25.1 Å². The van der Waals surface area contributed by atoms with Crippen LogP contribution in [-0.2, 0) is 10.9 Å². The van der Waals surface area contributed by atoms with Crippen LogP contribution in [0.3, 0.4) is 0 Å². The van der Waals surface area contributed by atoms with Crippen LogP contribution < -0.4 is 5.32 Å². The quantitative estimate of drug-likeness (QED) is 0.767. The van der Waals surface area contributed by atoms with Crippen molar-refractivity contribution in [3.8, 4) is 0 Å². The molecule has 2 aliphatic rings. The number of ether oxygens (including phenoxy) is 1. The van der Waals surface area contributed by atoms with Gasteiger partial charge in [-0.25, -0.2) is 4.79 Å². The molecule has 1 amide bonds. The number of amides is 1. The Labute approximate surface area is 139 Å². The lowest BCUT2D eigenvalue weighted by Gasteiger charge is -2.36. The van der Waals surface area contributed by atoms with Gasteiger partial charge in [-0.3, -0.25) is 0 Å². The molecule has 1 fully saturated rings. The molecule has 1 saturated heterocycles. The summed E-state index contributed by atoms with van der Waals surface area (Å²) in [4.78, 5) is 13.8. The molecule has 2 heterocycles. The van der Waals surface area contributed by atoms with E-state index in [1.165, 1.54) is 6.07 Å². The van der Waals surface area contributed by atoms with Gasteiger partial charge in [0.1, 0.15) is 5.60 Å². The SMILES string of the molecule is CC(C)(C)OC(=O)N1CC[C@@H]2Nc3c(cccc3C(F)(F)F)C2C1. The topological polar surface area (TPSA) is 41.6 Å². The first kappa shape index (κ1) is 16.9. The Kier molecular flexibility index (Phi) is 3.92. The zero-order valence-corrected chi connectivity index (χ0v) is 13.9. The number of anilines is 1. The summed E-state index contributed by atoms with van der Waals surface area (Å²) in [7, 11) is 0. The summed E-state index contributed by atoms with van der Waals surface area (Å²) >= 11 is 0. The third-order valence-corrected chi connectivity index (χ3v) is 4.40. The number of nitrogens with one attached hydrogen (secondary N) is 1. The van der Waals surface area contributed by atoms with Crippen LogP contribution in [0.15, 0.2) is 18.2 Å². The minimum atomic E-state index is -4.39. The summed E-state index contributed by atoms with van der Waals surface area (Å²) in [6.07, 6.45) is -4.21. The van der Waals surface area contributed by atoms with Gasteiger partial charge in [0.15, 0.2) is 0 Å². The molecule has 4 nitrogen and oxygen atoms in total. The minimum absolute atomic E-state index is 0.0813. The standard InChI is InChI=1S/C17H21F3N2O2/c1-16(2,3)24-15(23)22-8-7-13-11(9-22)10-5-4-6-12(14(10)21-13)17(18,19)20/h4-6,11,13,21H,7-9H2,1-3H3/t11?,13-/m0/s1. The molecule has 1 unspecified atom stereocenters. The summed E-state index contributed by atoms with van der Waals surface area (Å²) in [5, 5.41) is 3.02. The highest BCUT2D eigenvalue weighted by molar-refractivity contribution is 5.70. The first-order chi connectivity index (χ1) is 11.1. The number of carbonyl (C=O) groups excluding carboxylic acids is 1. The molecule has 132 valence electrons. The Balaban J connectivity index is 1.83. The summed E-state index contributed by atoms with van der Waals surface area (Å²) in [6, 6.07) is 4.15. The van der Waals surface area contributed by atoms with Crippen LogP contribution in [0.1, 0.15) is 44.2 Å². The number of rotatable bonds is 0. The fraction of sp³-hybridized carbons (Fsp3) is 0.588. The predicted octanol–water partition coefficient (Wildman–Crippen LogP) is 4.22. The second-order valence-corrected chi connectivity index (χ2v) is 7.34. The average Bonchev–Trinajstić information content (AvgIpc) is 2.81. The minimum Gasteiger partial charge on any atom is -0.444 e. The second-order valence-electron chi connectivity index (χ2n) is 7.34. The summed E-state index contributed by atoms with van der Waals surface area (Å²) < 4.78 is 44.9. The second kappa shape index (κ2) is 5.57. The normalized spacial score (nSPS) is 23.3. The zero-order chi connectivity index (χ0) is 17.7. The first-order valence-corrected chi connectivity index (χ1v) is 8.01. The molecule has 0 bridgehead atoms. The lowest BCUT2D eigenvalue weighted by Crippen LogP contribution is -2.46. The van der Waals surface area contributed by atoms with Crippen LogP contribution in [0, 0.1) is 0 Å². The van der Waals surface area contributed by atoms with Crippen molar-refractivity contribution in [1.29, 1.82) is 0 Å². The van der Waals surface area contributed by atoms with Crippen LogP contribution in [0.5, 0.6) is 0 Å². The molecule has 2 aliphatic heterocycles. The maximum atomic E-state index is 13.2. The summed E-state index contributed by atoms with van der Waals surface area (Å²) in [5.41, 5.74) is -0.448. The van der Waals surface area contributed by atoms with Crippen molar-refractivity contribution >= 4 is 11.8 Å². The van der Waals surface area contributed by atoms with E-state index >= 15 is 0 Å². The van der Waals surface area contributed by atoms with E-state index in [2.05, 4.69) is 5.32 Å². The van der Waals surface area contributed by atoms with Gasteiger partial charge in [-0.05, 0) is 38.8 Å². The number of nitrogens with zero attached hydrogens (tertiary/aromatic N) is 1. The van der Waals surface area contributed by atoms with Crippen molar-refractivity contribution < 1.29 is 22.7 Å². The number of likely N-dealkylation sites (tertiary alicyclic amines) is 1. The van der Waals surface area contributed by atoms with Gasteiger partial charge < -0.3 is 15.0 Å². The van der Waals surface area contributed by atoms with Crippen molar-refractivity contribution in [2.24, 2.45) is 0 Å². The monoisotopic (exact) mass is 342 g/mol. The van der Waals surface area contributed by atoms with Crippen molar-refractivity contribution in [3.05, 3.63) is 29.3 Å². The van der Waals surface area contributed by atoms with Crippen LogP contribution in [-0.4, -0.2) is 35.7 Å². The number of piperidine rings is 1. The van der Waals surface area contributed by atoms with Gasteiger partial charge >= 0.3 is 12.3 Å². The molecule has 24 heavy (non-hydrogen) atoms. The Bertz CT molecular complexity index is 652. The molecular formula is C17H21F3N2O2. The van der Waals surface area contributed by atoms with E-state index in [1.807, 2.05) is 0 Å². The van der Waals surface area contributed by atoms with Crippen molar-refractivity contribution in [1.82, 2.24) is 4.90 Å². The van der Waals surface area contributed by atoms with Gasteiger partial charge in [-0.2, -0.15) is 13.2 Å².